The third kappa shape index (κ3) is 3.67. The summed E-state index contributed by atoms with van der Waals surface area (Å²) in [5.41, 5.74) is 8.25. The molecule has 7 heteroatoms. The van der Waals surface area contributed by atoms with E-state index in [0.29, 0.717) is 11.2 Å². The second-order valence-electron chi connectivity index (χ2n) is 7.36. The summed E-state index contributed by atoms with van der Waals surface area (Å²) in [6.07, 6.45) is 0. The Labute approximate surface area is 178 Å². The number of rotatable bonds is 3. The third-order valence-electron chi connectivity index (χ3n) is 5.22. The third-order valence-corrected chi connectivity index (χ3v) is 5.22. The first kappa shape index (κ1) is 20.0. The predicted molar refractivity (Wildman–Crippen MR) is 118 cm³/mol. The van der Waals surface area contributed by atoms with Crippen molar-refractivity contribution in [2.75, 3.05) is 5.32 Å². The fourth-order valence-corrected chi connectivity index (χ4v) is 3.76. The SMILES string of the molecule is CC1=C(C(=O)Nc2ccccc2)C(c2cc3cc(C)ccc3[nH]c2=O)C(C#N)=C(N)O1. The molecule has 1 aromatic heterocycles. The molecule has 0 saturated carbocycles. The van der Waals surface area contributed by atoms with Crippen LogP contribution in [0.5, 0.6) is 0 Å². The number of pyridine rings is 1. The predicted octanol–water partition coefficient (Wildman–Crippen LogP) is 3.56. The topological polar surface area (TPSA) is 121 Å². The van der Waals surface area contributed by atoms with E-state index in [2.05, 4.69) is 10.3 Å². The number of nitrogens with two attached hydrogens (primary N) is 1. The Morgan fingerprint density at radius 3 is 2.61 bits per heavy atom. The number of carbonyl (C=O) groups excluding carboxylic acids is 1. The molecular formula is C24H20N4O3. The fourth-order valence-electron chi connectivity index (χ4n) is 3.76. The van der Waals surface area contributed by atoms with E-state index in [-0.39, 0.29) is 28.4 Å². The van der Waals surface area contributed by atoms with E-state index in [0.717, 1.165) is 10.9 Å². The highest BCUT2D eigenvalue weighted by molar-refractivity contribution is 6.06. The van der Waals surface area contributed by atoms with Crippen LogP contribution in [0.15, 0.2) is 82.2 Å². The zero-order chi connectivity index (χ0) is 22.1. The Kier molecular flexibility index (Phi) is 5.05. The Balaban J connectivity index is 1.89. The van der Waals surface area contributed by atoms with Gasteiger partial charge >= 0.3 is 0 Å². The van der Waals surface area contributed by atoms with Crippen LogP contribution in [0.2, 0.25) is 0 Å². The number of H-pyrrole nitrogens is 1. The van der Waals surface area contributed by atoms with Crippen LogP contribution in [0.3, 0.4) is 0 Å². The molecule has 4 rings (SSSR count). The van der Waals surface area contributed by atoms with E-state index >= 15 is 0 Å². The maximum atomic E-state index is 13.2. The monoisotopic (exact) mass is 412 g/mol. The van der Waals surface area contributed by atoms with Gasteiger partial charge in [0.15, 0.2) is 0 Å². The number of hydrogen-bond donors (Lipinski definition) is 3. The molecule has 0 fully saturated rings. The Hall–Kier alpha value is -4.31. The van der Waals surface area contributed by atoms with Crippen LogP contribution in [-0.2, 0) is 9.53 Å². The second-order valence-corrected chi connectivity index (χ2v) is 7.36. The number of para-hydroxylation sites is 1. The van der Waals surface area contributed by atoms with Gasteiger partial charge in [-0.3, -0.25) is 9.59 Å². The first-order valence-electron chi connectivity index (χ1n) is 9.67. The van der Waals surface area contributed by atoms with Crippen LogP contribution in [0.1, 0.15) is 24.0 Å². The van der Waals surface area contributed by atoms with E-state index in [1.165, 1.54) is 0 Å². The van der Waals surface area contributed by atoms with E-state index in [4.69, 9.17) is 10.5 Å². The second kappa shape index (κ2) is 7.84. The quantitative estimate of drug-likeness (QED) is 0.607. The summed E-state index contributed by atoms with van der Waals surface area (Å²) in [7, 11) is 0. The number of carbonyl (C=O) groups is 1. The highest BCUT2D eigenvalue weighted by Crippen LogP contribution is 2.38. The normalized spacial score (nSPS) is 16.1. The summed E-state index contributed by atoms with van der Waals surface area (Å²) >= 11 is 0. The lowest BCUT2D eigenvalue weighted by molar-refractivity contribution is -0.113. The molecule has 1 amide bonds. The number of aryl methyl sites for hydroxylation is 1. The summed E-state index contributed by atoms with van der Waals surface area (Å²) in [6, 6.07) is 18.3. The maximum Gasteiger partial charge on any atom is 0.255 e. The van der Waals surface area contributed by atoms with E-state index in [1.54, 1.807) is 37.3 Å². The zero-order valence-electron chi connectivity index (χ0n) is 17.0. The van der Waals surface area contributed by atoms with Gasteiger partial charge in [-0.15, -0.1) is 0 Å². The Morgan fingerprint density at radius 2 is 1.90 bits per heavy atom. The van der Waals surface area contributed by atoms with Crippen molar-refractivity contribution in [1.29, 1.82) is 5.26 Å². The summed E-state index contributed by atoms with van der Waals surface area (Å²) in [4.78, 5) is 29.1. The molecule has 2 heterocycles. The van der Waals surface area contributed by atoms with Crippen LogP contribution in [0, 0.1) is 18.3 Å². The molecule has 0 saturated heterocycles. The van der Waals surface area contributed by atoms with Gasteiger partial charge in [0.1, 0.15) is 17.4 Å². The van der Waals surface area contributed by atoms with Gasteiger partial charge in [-0.05, 0) is 49.6 Å². The van der Waals surface area contributed by atoms with Crippen molar-refractivity contribution in [3.05, 3.63) is 98.9 Å². The van der Waals surface area contributed by atoms with Crippen molar-refractivity contribution < 1.29 is 9.53 Å². The highest BCUT2D eigenvalue weighted by Gasteiger charge is 2.37. The van der Waals surface area contributed by atoms with Gasteiger partial charge in [0.2, 0.25) is 5.88 Å². The number of aromatic nitrogens is 1. The largest absolute Gasteiger partial charge is 0.445 e. The molecule has 0 radical (unpaired) electrons. The molecule has 1 aliphatic rings. The number of fused-ring (bicyclic) bond motifs is 1. The van der Waals surface area contributed by atoms with Crippen molar-refractivity contribution in [2.24, 2.45) is 5.73 Å². The van der Waals surface area contributed by atoms with E-state index < -0.39 is 17.4 Å². The molecule has 0 bridgehead atoms. The van der Waals surface area contributed by atoms with Gasteiger partial charge in [-0.25, -0.2) is 0 Å². The lowest BCUT2D eigenvalue weighted by Crippen LogP contribution is -2.30. The number of amides is 1. The van der Waals surface area contributed by atoms with Gasteiger partial charge in [-0.1, -0.05) is 29.8 Å². The number of nitrogens with one attached hydrogen (secondary N) is 2. The van der Waals surface area contributed by atoms with Gasteiger partial charge < -0.3 is 20.8 Å². The van der Waals surface area contributed by atoms with Gasteiger partial charge in [0.25, 0.3) is 11.5 Å². The molecule has 0 spiro atoms. The molecule has 0 aliphatic carbocycles. The van der Waals surface area contributed by atoms with Crippen LogP contribution in [0.4, 0.5) is 5.69 Å². The standard InChI is InChI=1S/C24H20N4O3/c1-13-8-9-19-15(10-13)11-17(23(29)28-19)21-18(12-25)22(26)31-14(2)20(21)24(30)27-16-6-4-3-5-7-16/h3-11,21H,26H2,1-2H3,(H,27,30)(H,28,29). The molecule has 1 unspecified atom stereocenters. The van der Waals surface area contributed by atoms with Crippen molar-refractivity contribution in [1.82, 2.24) is 4.98 Å². The molecule has 31 heavy (non-hydrogen) atoms. The summed E-state index contributed by atoms with van der Waals surface area (Å²) in [5, 5.41) is 13.4. The van der Waals surface area contributed by atoms with Gasteiger partial charge in [0.05, 0.1) is 11.5 Å². The number of anilines is 1. The smallest absolute Gasteiger partial charge is 0.255 e. The number of hydrogen-bond acceptors (Lipinski definition) is 5. The number of nitrogens with zero attached hydrogens (tertiary/aromatic N) is 1. The average Bonchev–Trinajstić information content (AvgIpc) is 2.73. The van der Waals surface area contributed by atoms with Crippen LogP contribution >= 0.6 is 0 Å². The molecule has 1 aliphatic heterocycles. The molecular weight excluding hydrogens is 392 g/mol. The molecule has 2 aromatic carbocycles. The summed E-state index contributed by atoms with van der Waals surface area (Å²) < 4.78 is 5.50. The maximum absolute atomic E-state index is 13.2. The minimum absolute atomic E-state index is 0.0151. The molecule has 154 valence electrons. The first-order chi connectivity index (χ1) is 14.9. The van der Waals surface area contributed by atoms with Crippen molar-refractivity contribution in [3.63, 3.8) is 0 Å². The molecule has 1 atom stereocenters. The number of nitriles is 1. The number of aromatic amines is 1. The number of ether oxygens (including phenoxy) is 1. The van der Waals surface area contributed by atoms with E-state index in [9.17, 15) is 14.9 Å². The Bertz CT molecular complexity index is 1360. The average molecular weight is 412 g/mol. The first-order valence-corrected chi connectivity index (χ1v) is 9.67. The van der Waals surface area contributed by atoms with Crippen LogP contribution in [0.25, 0.3) is 10.9 Å². The molecule has 3 aromatic rings. The zero-order valence-corrected chi connectivity index (χ0v) is 17.0. The summed E-state index contributed by atoms with van der Waals surface area (Å²) in [5.74, 6) is -1.32. The Morgan fingerprint density at radius 1 is 1.16 bits per heavy atom. The fraction of sp³-hybridized carbons (Fsp3) is 0.125. The number of benzene rings is 2. The van der Waals surface area contributed by atoms with Crippen molar-refractivity contribution >= 4 is 22.5 Å². The van der Waals surface area contributed by atoms with Crippen LogP contribution < -0.4 is 16.6 Å². The van der Waals surface area contributed by atoms with E-state index in [1.807, 2.05) is 37.3 Å². The minimum atomic E-state index is -0.962. The number of allylic oxidation sites excluding steroid dienone is 2. The van der Waals surface area contributed by atoms with Gasteiger partial charge in [0, 0.05) is 16.8 Å². The van der Waals surface area contributed by atoms with Crippen molar-refractivity contribution in [2.45, 2.75) is 19.8 Å². The molecule has 4 N–H and O–H groups in total. The van der Waals surface area contributed by atoms with Gasteiger partial charge in [-0.2, -0.15) is 5.26 Å². The lowest BCUT2D eigenvalue weighted by atomic mass is 9.82. The van der Waals surface area contributed by atoms with Crippen molar-refractivity contribution in [3.8, 4) is 6.07 Å². The van der Waals surface area contributed by atoms with Crippen LogP contribution in [-0.4, -0.2) is 10.9 Å². The molecule has 7 nitrogen and oxygen atoms in total. The summed E-state index contributed by atoms with van der Waals surface area (Å²) in [6.45, 7) is 3.54. The highest BCUT2D eigenvalue weighted by atomic mass is 16.5. The lowest BCUT2D eigenvalue weighted by Gasteiger charge is -2.27. The minimum Gasteiger partial charge on any atom is -0.445 e.